The molecule has 0 unspecified atom stereocenters. The quantitative estimate of drug-likeness (QED) is 0.870. The zero-order chi connectivity index (χ0) is 15.4. The molecular formula is C17H21N3O2. The molecule has 0 aliphatic carbocycles. The third-order valence-corrected chi connectivity index (χ3v) is 4.16. The van der Waals surface area contributed by atoms with E-state index in [2.05, 4.69) is 10.1 Å². The average molecular weight is 299 g/mol. The fourth-order valence-electron chi connectivity index (χ4n) is 3.02. The van der Waals surface area contributed by atoms with Crippen molar-refractivity contribution in [1.29, 1.82) is 0 Å². The molecule has 1 aliphatic rings. The van der Waals surface area contributed by atoms with Crippen molar-refractivity contribution in [3.05, 3.63) is 47.6 Å². The molecule has 1 aliphatic heterocycles. The molecule has 5 heteroatoms. The molecule has 0 bridgehead atoms. The lowest BCUT2D eigenvalue weighted by molar-refractivity contribution is -0.135. The van der Waals surface area contributed by atoms with E-state index in [1.165, 1.54) is 0 Å². The molecule has 0 radical (unpaired) electrons. The van der Waals surface area contributed by atoms with Crippen molar-refractivity contribution in [2.45, 2.75) is 45.1 Å². The maximum atomic E-state index is 12.6. The summed E-state index contributed by atoms with van der Waals surface area (Å²) in [6.07, 6.45) is 7.97. The highest BCUT2D eigenvalue weighted by atomic mass is 16.5. The number of aromatic nitrogens is 2. The second-order valence-corrected chi connectivity index (χ2v) is 5.82. The third-order valence-electron chi connectivity index (χ3n) is 4.16. The van der Waals surface area contributed by atoms with Gasteiger partial charge in [0.15, 0.2) is 0 Å². The number of carbonyl (C=O) groups is 1. The first-order valence-electron chi connectivity index (χ1n) is 7.85. The van der Waals surface area contributed by atoms with E-state index in [4.69, 9.17) is 4.52 Å². The molecule has 0 saturated carbocycles. The predicted octanol–water partition coefficient (Wildman–Crippen LogP) is 3.06. The summed E-state index contributed by atoms with van der Waals surface area (Å²) in [6, 6.07) is 5.92. The van der Waals surface area contributed by atoms with E-state index >= 15 is 0 Å². The monoisotopic (exact) mass is 299 g/mol. The Morgan fingerprint density at radius 3 is 3.09 bits per heavy atom. The smallest absolute Gasteiger partial charge is 0.223 e. The number of hydrogen-bond donors (Lipinski definition) is 0. The molecule has 3 heterocycles. The molecule has 0 spiro atoms. The van der Waals surface area contributed by atoms with Crippen LogP contribution in [0.2, 0.25) is 0 Å². The lowest BCUT2D eigenvalue weighted by atomic mass is 9.98. The predicted molar refractivity (Wildman–Crippen MR) is 82.1 cm³/mol. The summed E-state index contributed by atoms with van der Waals surface area (Å²) >= 11 is 0. The van der Waals surface area contributed by atoms with Crippen LogP contribution < -0.4 is 0 Å². The molecule has 0 aromatic carbocycles. The average Bonchev–Trinajstić information content (AvgIpc) is 3.00. The number of aryl methyl sites for hydroxylation is 2. The molecule has 1 atom stereocenters. The zero-order valence-electron chi connectivity index (χ0n) is 12.9. The fourth-order valence-corrected chi connectivity index (χ4v) is 3.02. The van der Waals surface area contributed by atoms with Gasteiger partial charge in [0.1, 0.15) is 11.5 Å². The van der Waals surface area contributed by atoms with Crippen LogP contribution in [0.1, 0.15) is 48.7 Å². The molecule has 116 valence electrons. The minimum Gasteiger partial charge on any atom is -0.361 e. The van der Waals surface area contributed by atoms with Crippen LogP contribution in [0.4, 0.5) is 0 Å². The van der Waals surface area contributed by atoms with Gasteiger partial charge in [-0.25, -0.2) is 0 Å². The molecule has 0 N–H and O–H groups in total. The van der Waals surface area contributed by atoms with Crippen LogP contribution in [0.15, 0.2) is 35.1 Å². The van der Waals surface area contributed by atoms with Gasteiger partial charge in [-0.3, -0.25) is 9.78 Å². The number of rotatable bonds is 4. The van der Waals surface area contributed by atoms with E-state index in [0.717, 1.165) is 49.2 Å². The summed E-state index contributed by atoms with van der Waals surface area (Å²) in [4.78, 5) is 18.7. The molecule has 1 amide bonds. The van der Waals surface area contributed by atoms with E-state index in [9.17, 15) is 4.79 Å². The van der Waals surface area contributed by atoms with Crippen molar-refractivity contribution in [2.24, 2.45) is 0 Å². The zero-order valence-corrected chi connectivity index (χ0v) is 12.9. The van der Waals surface area contributed by atoms with Crippen LogP contribution in [-0.4, -0.2) is 27.5 Å². The summed E-state index contributed by atoms with van der Waals surface area (Å²) in [5.74, 6) is 0.984. The van der Waals surface area contributed by atoms with Crippen molar-refractivity contribution in [3.8, 4) is 0 Å². The summed E-state index contributed by atoms with van der Waals surface area (Å²) in [5, 5.41) is 4.11. The Hall–Kier alpha value is -2.17. The lowest BCUT2D eigenvalue weighted by Crippen LogP contribution is -2.38. The highest BCUT2D eigenvalue weighted by Crippen LogP contribution is 2.31. The first-order chi connectivity index (χ1) is 10.7. The van der Waals surface area contributed by atoms with Gasteiger partial charge in [0.05, 0.1) is 6.04 Å². The fraction of sp³-hybridized carbons (Fsp3) is 0.471. The Kier molecular flexibility index (Phi) is 4.51. The van der Waals surface area contributed by atoms with Gasteiger partial charge in [0, 0.05) is 31.4 Å². The molecule has 22 heavy (non-hydrogen) atoms. The second-order valence-electron chi connectivity index (χ2n) is 5.82. The van der Waals surface area contributed by atoms with Crippen LogP contribution in [0.25, 0.3) is 0 Å². The number of amides is 1. The summed E-state index contributed by atoms with van der Waals surface area (Å²) in [5.41, 5.74) is 1.98. The topological polar surface area (TPSA) is 59.2 Å². The minimum atomic E-state index is 0.0626. The molecule has 2 aromatic rings. The van der Waals surface area contributed by atoms with Crippen molar-refractivity contribution < 1.29 is 9.32 Å². The van der Waals surface area contributed by atoms with Gasteiger partial charge in [-0.2, -0.15) is 0 Å². The van der Waals surface area contributed by atoms with Gasteiger partial charge in [0.25, 0.3) is 0 Å². The van der Waals surface area contributed by atoms with Crippen molar-refractivity contribution >= 4 is 5.91 Å². The van der Waals surface area contributed by atoms with Crippen molar-refractivity contribution in [1.82, 2.24) is 15.0 Å². The summed E-state index contributed by atoms with van der Waals surface area (Å²) < 4.78 is 5.18. The van der Waals surface area contributed by atoms with Gasteiger partial charge in [-0.15, -0.1) is 0 Å². The van der Waals surface area contributed by atoms with E-state index in [1.54, 1.807) is 6.20 Å². The Bertz CT molecular complexity index is 624. The summed E-state index contributed by atoms with van der Waals surface area (Å²) in [6.45, 7) is 2.69. The van der Waals surface area contributed by atoms with E-state index < -0.39 is 0 Å². The lowest BCUT2D eigenvalue weighted by Gasteiger charge is -2.34. The Labute approximate surface area is 130 Å². The molecule has 1 fully saturated rings. The van der Waals surface area contributed by atoms with Crippen molar-refractivity contribution in [2.75, 3.05) is 6.54 Å². The maximum Gasteiger partial charge on any atom is 0.223 e. The number of pyridine rings is 1. The molecule has 3 rings (SSSR count). The van der Waals surface area contributed by atoms with Crippen LogP contribution in [0, 0.1) is 6.92 Å². The van der Waals surface area contributed by atoms with Gasteiger partial charge in [-0.1, -0.05) is 11.2 Å². The number of nitrogens with zero attached hydrogens (tertiary/aromatic N) is 3. The normalized spacial score (nSPS) is 18.4. The van der Waals surface area contributed by atoms with Crippen LogP contribution in [0.3, 0.4) is 0 Å². The number of piperidine rings is 1. The number of likely N-dealkylation sites (tertiary alicyclic amines) is 1. The molecule has 2 aromatic heterocycles. The van der Waals surface area contributed by atoms with Gasteiger partial charge < -0.3 is 9.42 Å². The number of carbonyl (C=O) groups excluding carboxylic acids is 1. The van der Waals surface area contributed by atoms with Gasteiger partial charge in [-0.05, 0) is 44.2 Å². The third kappa shape index (κ3) is 3.35. The first-order valence-corrected chi connectivity index (χ1v) is 7.85. The Morgan fingerprint density at radius 2 is 2.36 bits per heavy atom. The Balaban J connectivity index is 1.66. The van der Waals surface area contributed by atoms with Crippen LogP contribution in [0.5, 0.6) is 0 Å². The first kappa shape index (κ1) is 14.8. The largest absolute Gasteiger partial charge is 0.361 e. The standard InChI is InChI=1S/C17H21N3O2/c1-13-11-15(19-22-13)16-6-2-3-10-20(16)17(21)8-7-14-5-4-9-18-12-14/h4-5,9,11-12,16H,2-3,6-8,10H2,1H3/t16-/m0/s1. The SMILES string of the molecule is Cc1cc([C@@H]2CCCCN2C(=O)CCc2cccnc2)no1. The highest BCUT2D eigenvalue weighted by molar-refractivity contribution is 5.77. The Morgan fingerprint density at radius 1 is 1.45 bits per heavy atom. The minimum absolute atomic E-state index is 0.0626. The maximum absolute atomic E-state index is 12.6. The van der Waals surface area contributed by atoms with Gasteiger partial charge >= 0.3 is 0 Å². The van der Waals surface area contributed by atoms with E-state index in [1.807, 2.05) is 36.2 Å². The summed E-state index contributed by atoms with van der Waals surface area (Å²) in [7, 11) is 0. The van der Waals surface area contributed by atoms with Crippen LogP contribution in [-0.2, 0) is 11.2 Å². The van der Waals surface area contributed by atoms with Crippen molar-refractivity contribution in [3.63, 3.8) is 0 Å². The van der Waals surface area contributed by atoms with Crippen LogP contribution >= 0.6 is 0 Å². The molecule has 5 nitrogen and oxygen atoms in total. The molecular weight excluding hydrogens is 278 g/mol. The molecule has 1 saturated heterocycles. The highest BCUT2D eigenvalue weighted by Gasteiger charge is 2.29. The van der Waals surface area contributed by atoms with Gasteiger partial charge in [0.2, 0.25) is 5.91 Å². The second kappa shape index (κ2) is 6.73. The van der Waals surface area contributed by atoms with E-state index in [0.29, 0.717) is 6.42 Å². The number of hydrogen-bond acceptors (Lipinski definition) is 4. The van der Waals surface area contributed by atoms with E-state index in [-0.39, 0.29) is 11.9 Å².